The Balaban J connectivity index is 1.89. The molecule has 2 aromatic rings. The van der Waals surface area contributed by atoms with E-state index in [-0.39, 0.29) is 11.8 Å². The van der Waals surface area contributed by atoms with Crippen LogP contribution in [0.4, 0.5) is 5.69 Å². The van der Waals surface area contributed by atoms with E-state index >= 15 is 0 Å². The van der Waals surface area contributed by atoms with Gasteiger partial charge in [-0.25, -0.2) is 0 Å². The van der Waals surface area contributed by atoms with Crippen LogP contribution in [0.5, 0.6) is 5.75 Å². The molecule has 1 N–H and O–H groups in total. The molecular formula is C28H36N2O4. The highest BCUT2D eigenvalue weighted by Crippen LogP contribution is 2.32. The second-order valence-electron chi connectivity index (χ2n) is 9.19. The number of nitrogens with one attached hydrogen (secondary N) is 1. The predicted octanol–water partition coefficient (Wildman–Crippen LogP) is 5.46. The highest BCUT2D eigenvalue weighted by atomic mass is 16.5. The smallest absolute Gasteiger partial charge is 0.278 e. The molecule has 0 saturated carbocycles. The molecule has 182 valence electrons. The van der Waals surface area contributed by atoms with Crippen molar-refractivity contribution in [2.75, 3.05) is 31.7 Å². The van der Waals surface area contributed by atoms with Gasteiger partial charge in [0.25, 0.3) is 11.8 Å². The first kappa shape index (κ1) is 25.5. The average Bonchev–Trinajstić information content (AvgIpc) is 3.05. The summed E-state index contributed by atoms with van der Waals surface area (Å²) in [5, 5.41) is 3.23. The summed E-state index contributed by atoms with van der Waals surface area (Å²) in [6, 6.07) is 15.3. The number of nitrogens with zero attached hydrogens (tertiary/aromatic N) is 1. The second-order valence-corrected chi connectivity index (χ2v) is 9.19. The molecule has 1 heterocycles. The fraction of sp³-hybridized carbons (Fsp3) is 0.429. The first-order valence-corrected chi connectivity index (χ1v) is 12.1. The number of anilines is 1. The zero-order chi connectivity index (χ0) is 24.7. The van der Waals surface area contributed by atoms with Crippen LogP contribution in [0.2, 0.25) is 0 Å². The molecule has 2 amide bonds. The van der Waals surface area contributed by atoms with Crippen molar-refractivity contribution < 1.29 is 19.1 Å². The minimum absolute atomic E-state index is 0.293. The maximum atomic E-state index is 13.4. The van der Waals surface area contributed by atoms with Gasteiger partial charge in [0.2, 0.25) is 0 Å². The van der Waals surface area contributed by atoms with E-state index < -0.39 is 0 Å². The summed E-state index contributed by atoms with van der Waals surface area (Å²) in [5.74, 6) is 0.959. The van der Waals surface area contributed by atoms with Crippen molar-refractivity contribution in [2.45, 2.75) is 47.0 Å². The number of amides is 2. The van der Waals surface area contributed by atoms with E-state index in [4.69, 9.17) is 9.47 Å². The molecule has 1 aliphatic rings. The largest absolute Gasteiger partial charge is 0.493 e. The molecular weight excluding hydrogens is 428 g/mol. The second kappa shape index (κ2) is 11.8. The van der Waals surface area contributed by atoms with Crippen molar-refractivity contribution >= 4 is 23.1 Å². The van der Waals surface area contributed by atoms with Gasteiger partial charge in [0.15, 0.2) is 0 Å². The van der Waals surface area contributed by atoms with Gasteiger partial charge in [-0.05, 0) is 60.6 Å². The van der Waals surface area contributed by atoms with Crippen LogP contribution in [-0.4, -0.2) is 43.1 Å². The van der Waals surface area contributed by atoms with Crippen LogP contribution in [0, 0.1) is 5.92 Å². The lowest BCUT2D eigenvalue weighted by Gasteiger charge is -2.15. The monoisotopic (exact) mass is 464 g/mol. The van der Waals surface area contributed by atoms with Crippen LogP contribution in [0.25, 0.3) is 5.57 Å². The first-order valence-electron chi connectivity index (χ1n) is 12.1. The molecule has 0 aliphatic carbocycles. The summed E-state index contributed by atoms with van der Waals surface area (Å²) in [4.78, 5) is 28.0. The normalized spacial score (nSPS) is 14.0. The lowest BCUT2D eigenvalue weighted by atomic mass is 10.0. The zero-order valence-corrected chi connectivity index (χ0v) is 20.9. The summed E-state index contributed by atoms with van der Waals surface area (Å²) in [6.07, 6.45) is 0.594. The Morgan fingerprint density at radius 3 is 2.18 bits per heavy atom. The number of ether oxygens (including phenoxy) is 2. The topological polar surface area (TPSA) is 67.9 Å². The van der Waals surface area contributed by atoms with Crippen molar-refractivity contribution in [3.05, 3.63) is 65.4 Å². The third kappa shape index (κ3) is 6.26. The van der Waals surface area contributed by atoms with Gasteiger partial charge < -0.3 is 14.8 Å². The molecule has 1 aliphatic heterocycles. The molecule has 2 aromatic carbocycles. The van der Waals surface area contributed by atoms with Crippen LogP contribution >= 0.6 is 0 Å². The van der Waals surface area contributed by atoms with Gasteiger partial charge in [0.1, 0.15) is 11.4 Å². The summed E-state index contributed by atoms with van der Waals surface area (Å²) in [6.45, 7) is 12.4. The highest BCUT2D eigenvalue weighted by molar-refractivity contribution is 6.36. The molecule has 0 radical (unpaired) electrons. The lowest BCUT2D eigenvalue weighted by Crippen LogP contribution is -2.34. The Bertz CT molecular complexity index is 1010. The molecule has 3 rings (SSSR count). The van der Waals surface area contributed by atoms with Gasteiger partial charge in [-0.3, -0.25) is 14.5 Å². The number of hydrogen-bond acceptors (Lipinski definition) is 5. The minimum atomic E-state index is -0.315. The predicted molar refractivity (Wildman–Crippen MR) is 136 cm³/mol. The van der Waals surface area contributed by atoms with E-state index in [9.17, 15) is 9.59 Å². The number of carbonyl (C=O) groups is 2. The number of carbonyl (C=O) groups excluding carboxylic acids is 2. The number of imide groups is 1. The highest BCUT2D eigenvalue weighted by Gasteiger charge is 2.38. The van der Waals surface area contributed by atoms with E-state index in [1.807, 2.05) is 55.5 Å². The fourth-order valence-corrected chi connectivity index (χ4v) is 3.71. The number of benzene rings is 2. The van der Waals surface area contributed by atoms with Crippen LogP contribution in [-0.2, 0) is 14.3 Å². The molecule has 0 aromatic heterocycles. The van der Waals surface area contributed by atoms with E-state index in [0.29, 0.717) is 61.5 Å². The Morgan fingerprint density at radius 1 is 0.912 bits per heavy atom. The maximum absolute atomic E-state index is 13.4. The first-order chi connectivity index (χ1) is 16.3. The fourth-order valence-electron chi connectivity index (χ4n) is 3.71. The summed E-state index contributed by atoms with van der Waals surface area (Å²) in [5.41, 5.74) is 3.34. The third-order valence-electron chi connectivity index (χ3n) is 5.62. The average molecular weight is 465 g/mol. The van der Waals surface area contributed by atoms with E-state index in [1.54, 1.807) is 0 Å². The van der Waals surface area contributed by atoms with Crippen LogP contribution < -0.4 is 10.1 Å². The quantitative estimate of drug-likeness (QED) is 0.334. The summed E-state index contributed by atoms with van der Waals surface area (Å²) >= 11 is 0. The molecule has 0 atom stereocenters. The van der Waals surface area contributed by atoms with Crippen LogP contribution in [0.15, 0.2) is 54.2 Å². The van der Waals surface area contributed by atoms with E-state index in [0.717, 1.165) is 11.4 Å². The van der Waals surface area contributed by atoms with Gasteiger partial charge in [-0.15, -0.1) is 0 Å². The molecule has 6 nitrogen and oxygen atoms in total. The lowest BCUT2D eigenvalue weighted by molar-refractivity contribution is -0.137. The van der Waals surface area contributed by atoms with Gasteiger partial charge in [-0.1, -0.05) is 52.0 Å². The molecule has 6 heteroatoms. The van der Waals surface area contributed by atoms with E-state index in [1.165, 1.54) is 10.5 Å². The Morgan fingerprint density at radius 2 is 1.59 bits per heavy atom. The number of hydrogen-bond donors (Lipinski definition) is 1. The van der Waals surface area contributed by atoms with Crippen LogP contribution in [0.3, 0.4) is 0 Å². The zero-order valence-electron chi connectivity index (χ0n) is 20.9. The SMILES string of the molecule is CCOCCCN1C(=O)C(Nc2ccc(C(C)C)cc2)=C(c2ccc(OCC(C)C)cc2)C1=O. The molecule has 0 fully saturated rings. The summed E-state index contributed by atoms with van der Waals surface area (Å²) < 4.78 is 11.2. The Kier molecular flexibility index (Phi) is 8.88. The molecule has 0 saturated heterocycles. The van der Waals surface area contributed by atoms with Crippen molar-refractivity contribution in [1.29, 1.82) is 0 Å². The maximum Gasteiger partial charge on any atom is 0.278 e. The van der Waals surface area contributed by atoms with Crippen molar-refractivity contribution in [3.8, 4) is 5.75 Å². The van der Waals surface area contributed by atoms with Gasteiger partial charge in [0.05, 0.1) is 12.2 Å². The van der Waals surface area contributed by atoms with Crippen molar-refractivity contribution in [2.24, 2.45) is 5.92 Å². The van der Waals surface area contributed by atoms with Crippen LogP contribution in [0.1, 0.15) is 58.1 Å². The molecule has 34 heavy (non-hydrogen) atoms. The Hall–Kier alpha value is -3.12. The third-order valence-corrected chi connectivity index (χ3v) is 5.62. The molecule has 0 unspecified atom stereocenters. The molecule has 0 spiro atoms. The van der Waals surface area contributed by atoms with E-state index in [2.05, 4.69) is 33.0 Å². The van der Waals surface area contributed by atoms with Gasteiger partial charge >= 0.3 is 0 Å². The van der Waals surface area contributed by atoms with Crippen molar-refractivity contribution in [1.82, 2.24) is 4.90 Å². The number of rotatable bonds is 12. The van der Waals surface area contributed by atoms with Gasteiger partial charge in [0, 0.05) is 25.4 Å². The molecule has 0 bridgehead atoms. The standard InChI is InChI=1S/C28H36N2O4/c1-6-33-17-7-16-30-27(31)25(22-10-14-24(15-11-22)34-18-19(2)3)26(28(30)32)29-23-12-8-21(9-13-23)20(4)5/h8-15,19-20,29H,6-7,16-18H2,1-5H3. The van der Waals surface area contributed by atoms with Gasteiger partial charge in [-0.2, -0.15) is 0 Å². The minimum Gasteiger partial charge on any atom is -0.493 e. The van der Waals surface area contributed by atoms with Crippen molar-refractivity contribution in [3.63, 3.8) is 0 Å². The Labute approximate surface area is 202 Å². The summed E-state index contributed by atoms with van der Waals surface area (Å²) in [7, 11) is 0.